The Bertz CT molecular complexity index is 851. The highest BCUT2D eigenvalue weighted by atomic mass is 16.5. The first-order chi connectivity index (χ1) is 11.2. The second-order valence-electron chi connectivity index (χ2n) is 6.24. The summed E-state index contributed by atoms with van der Waals surface area (Å²) in [4.78, 5) is 26.8. The van der Waals surface area contributed by atoms with Crippen LogP contribution in [0.3, 0.4) is 0 Å². The zero-order chi connectivity index (χ0) is 16.0. The smallest absolute Gasteiger partial charge is 0.252 e. The molecule has 2 aromatic rings. The highest BCUT2D eigenvalue weighted by molar-refractivity contribution is 5.76. The van der Waals surface area contributed by atoms with Crippen molar-refractivity contribution in [3.05, 3.63) is 45.0 Å². The predicted molar refractivity (Wildman–Crippen MR) is 86.7 cm³/mol. The third kappa shape index (κ3) is 2.41. The maximum atomic E-state index is 12.4. The number of rotatable bonds is 3. The van der Waals surface area contributed by atoms with E-state index in [0.717, 1.165) is 30.7 Å². The topological polar surface area (TPSA) is 82.5 Å². The van der Waals surface area contributed by atoms with Crippen LogP contribution in [0.2, 0.25) is 0 Å². The van der Waals surface area contributed by atoms with Gasteiger partial charge in [0.2, 0.25) is 0 Å². The normalized spacial score (nSPS) is 24.4. The molecule has 2 atom stereocenters. The van der Waals surface area contributed by atoms with Crippen molar-refractivity contribution >= 4 is 11.0 Å². The number of hydrogen-bond donors (Lipinski definition) is 1. The monoisotopic (exact) mass is 316 g/mol. The summed E-state index contributed by atoms with van der Waals surface area (Å²) in [6.07, 6.45) is 0.0442. The van der Waals surface area contributed by atoms with E-state index in [-0.39, 0.29) is 23.3 Å². The van der Waals surface area contributed by atoms with Gasteiger partial charge in [0.25, 0.3) is 11.1 Å². The van der Waals surface area contributed by atoms with Crippen molar-refractivity contribution in [1.29, 1.82) is 0 Å². The van der Waals surface area contributed by atoms with Crippen molar-refractivity contribution in [1.82, 2.24) is 14.0 Å². The van der Waals surface area contributed by atoms with Gasteiger partial charge in [-0.3, -0.25) is 23.6 Å². The molecule has 7 nitrogen and oxygen atoms in total. The number of hydrogen-bond acceptors (Lipinski definition) is 5. The molecule has 0 saturated carbocycles. The van der Waals surface area contributed by atoms with E-state index >= 15 is 0 Å². The molecule has 1 fully saturated rings. The van der Waals surface area contributed by atoms with Gasteiger partial charge in [-0.05, 0) is 12.1 Å². The fraction of sp³-hybridized carbons (Fsp3) is 0.500. The molecule has 0 radical (unpaired) electrons. The Kier molecular flexibility index (Phi) is 3.56. The summed E-state index contributed by atoms with van der Waals surface area (Å²) in [7, 11) is 0. The first-order valence-corrected chi connectivity index (χ1v) is 7.96. The van der Waals surface area contributed by atoms with Crippen molar-refractivity contribution in [2.75, 3.05) is 32.8 Å². The molecule has 0 unspecified atom stereocenters. The molecule has 4 rings (SSSR count). The van der Waals surface area contributed by atoms with Gasteiger partial charge in [0.05, 0.1) is 18.8 Å². The van der Waals surface area contributed by atoms with E-state index in [2.05, 4.69) is 4.90 Å². The predicted octanol–water partition coefficient (Wildman–Crippen LogP) is -0.623. The summed E-state index contributed by atoms with van der Waals surface area (Å²) in [5, 5.41) is 0.925. The number of nitrogens with zero attached hydrogens (tertiary/aromatic N) is 3. The maximum absolute atomic E-state index is 12.4. The molecule has 0 aromatic carbocycles. The minimum atomic E-state index is -0.0545. The highest BCUT2D eigenvalue weighted by Gasteiger charge is 2.29. The third-order valence-corrected chi connectivity index (χ3v) is 4.77. The molecule has 2 aliphatic heterocycles. The molecule has 0 aliphatic carbocycles. The van der Waals surface area contributed by atoms with Crippen LogP contribution < -0.4 is 16.9 Å². The summed E-state index contributed by atoms with van der Waals surface area (Å²) in [6.45, 7) is 4.00. The van der Waals surface area contributed by atoms with Gasteiger partial charge in [0.1, 0.15) is 5.65 Å². The molecule has 2 aliphatic rings. The van der Waals surface area contributed by atoms with Crippen LogP contribution in [0.15, 0.2) is 33.9 Å². The second kappa shape index (κ2) is 5.59. The lowest BCUT2D eigenvalue weighted by Crippen LogP contribution is -2.47. The number of aromatic nitrogens is 2. The minimum absolute atomic E-state index is 0.0298. The molecule has 2 aromatic heterocycles. The van der Waals surface area contributed by atoms with E-state index in [9.17, 15) is 9.59 Å². The highest BCUT2D eigenvalue weighted by Crippen LogP contribution is 2.24. The number of pyridine rings is 2. The molecule has 4 heterocycles. The van der Waals surface area contributed by atoms with E-state index in [1.165, 1.54) is 0 Å². The fourth-order valence-corrected chi connectivity index (χ4v) is 3.68. The molecule has 2 N–H and O–H groups in total. The SMILES string of the molecule is NC[C@H]1CN(C[C@@H]2Cn3c(=O)ccc4ccc(=O)n2c43)CCO1. The van der Waals surface area contributed by atoms with Gasteiger partial charge in [-0.2, -0.15) is 0 Å². The summed E-state index contributed by atoms with van der Waals surface area (Å²) < 4.78 is 9.07. The van der Waals surface area contributed by atoms with Crippen LogP contribution in [-0.2, 0) is 11.3 Å². The van der Waals surface area contributed by atoms with Gasteiger partial charge in [0, 0.05) is 50.2 Å². The average molecular weight is 316 g/mol. The van der Waals surface area contributed by atoms with Gasteiger partial charge in [0.15, 0.2) is 0 Å². The Labute approximate surface area is 132 Å². The quantitative estimate of drug-likeness (QED) is 0.816. The lowest BCUT2D eigenvalue weighted by Gasteiger charge is -2.34. The summed E-state index contributed by atoms with van der Waals surface area (Å²) in [5.74, 6) is 0. The molecule has 122 valence electrons. The fourth-order valence-electron chi connectivity index (χ4n) is 3.68. The number of nitrogens with two attached hydrogens (primary N) is 1. The van der Waals surface area contributed by atoms with E-state index in [1.807, 2.05) is 0 Å². The van der Waals surface area contributed by atoms with Gasteiger partial charge >= 0.3 is 0 Å². The summed E-state index contributed by atoms with van der Waals surface area (Å²) in [6, 6.07) is 6.69. The van der Waals surface area contributed by atoms with Crippen molar-refractivity contribution in [3.63, 3.8) is 0 Å². The standard InChI is InChI=1S/C16H20N4O3/c17-7-13-10-18(5-6-23-13)8-12-9-19-14(21)3-1-11-2-4-15(22)20(12)16(11)19/h1-4,12-13H,5-10,17H2/t12-,13+/m1/s1. The molecule has 1 saturated heterocycles. The first-order valence-electron chi connectivity index (χ1n) is 7.96. The van der Waals surface area contributed by atoms with Gasteiger partial charge in [-0.25, -0.2) is 0 Å². The zero-order valence-corrected chi connectivity index (χ0v) is 12.9. The third-order valence-electron chi connectivity index (χ3n) is 4.77. The van der Waals surface area contributed by atoms with Crippen molar-refractivity contribution in [3.8, 4) is 0 Å². The lowest BCUT2D eigenvalue weighted by molar-refractivity contribution is -0.0271. The van der Waals surface area contributed by atoms with Gasteiger partial charge in [-0.1, -0.05) is 0 Å². The number of morpholine rings is 1. The molecule has 0 amide bonds. The summed E-state index contributed by atoms with van der Waals surface area (Å²) in [5.41, 5.74) is 6.32. The Morgan fingerprint density at radius 2 is 1.91 bits per heavy atom. The Balaban J connectivity index is 1.69. The Morgan fingerprint density at radius 3 is 2.70 bits per heavy atom. The molecule has 23 heavy (non-hydrogen) atoms. The molecule has 7 heteroatoms. The largest absolute Gasteiger partial charge is 0.374 e. The lowest BCUT2D eigenvalue weighted by atomic mass is 10.2. The Morgan fingerprint density at radius 1 is 1.13 bits per heavy atom. The van der Waals surface area contributed by atoms with Crippen LogP contribution in [0.4, 0.5) is 0 Å². The van der Waals surface area contributed by atoms with Crippen LogP contribution in [-0.4, -0.2) is 52.9 Å². The first kappa shape index (κ1) is 14.6. The van der Waals surface area contributed by atoms with Crippen LogP contribution in [0.5, 0.6) is 0 Å². The molecule has 0 bridgehead atoms. The van der Waals surface area contributed by atoms with Crippen LogP contribution in [0, 0.1) is 0 Å². The summed E-state index contributed by atoms with van der Waals surface area (Å²) >= 11 is 0. The molecular formula is C16H20N4O3. The molecule has 0 spiro atoms. The minimum Gasteiger partial charge on any atom is -0.374 e. The van der Waals surface area contributed by atoms with Crippen LogP contribution in [0.25, 0.3) is 11.0 Å². The zero-order valence-electron chi connectivity index (χ0n) is 12.9. The van der Waals surface area contributed by atoms with Crippen molar-refractivity contribution in [2.45, 2.75) is 18.7 Å². The van der Waals surface area contributed by atoms with Crippen molar-refractivity contribution in [2.24, 2.45) is 5.73 Å². The number of ether oxygens (including phenoxy) is 1. The second-order valence-corrected chi connectivity index (χ2v) is 6.24. The van der Waals surface area contributed by atoms with E-state index in [1.54, 1.807) is 33.4 Å². The molecular weight excluding hydrogens is 296 g/mol. The maximum Gasteiger partial charge on any atom is 0.252 e. The van der Waals surface area contributed by atoms with E-state index < -0.39 is 0 Å². The van der Waals surface area contributed by atoms with Crippen molar-refractivity contribution < 1.29 is 4.74 Å². The van der Waals surface area contributed by atoms with Crippen LogP contribution >= 0.6 is 0 Å². The van der Waals surface area contributed by atoms with Crippen LogP contribution in [0.1, 0.15) is 6.04 Å². The van der Waals surface area contributed by atoms with E-state index in [4.69, 9.17) is 10.5 Å². The average Bonchev–Trinajstić information content (AvgIpc) is 2.95. The van der Waals surface area contributed by atoms with Gasteiger partial charge in [-0.15, -0.1) is 0 Å². The Hall–Kier alpha value is -1.96. The van der Waals surface area contributed by atoms with E-state index in [0.29, 0.717) is 19.7 Å². The van der Waals surface area contributed by atoms with Gasteiger partial charge < -0.3 is 10.5 Å².